The topological polar surface area (TPSA) is 84.8 Å². The van der Waals surface area contributed by atoms with Crippen LogP contribution in [0.3, 0.4) is 0 Å². The van der Waals surface area contributed by atoms with Crippen molar-refractivity contribution in [3.05, 3.63) is 53.6 Å². The molecule has 0 aliphatic carbocycles. The number of anilines is 2. The van der Waals surface area contributed by atoms with Gasteiger partial charge in [-0.1, -0.05) is 24.2 Å². The largest absolute Gasteiger partial charge is 0.507 e. The monoisotopic (exact) mass is 610 g/mol. The number of fused-ring (bicyclic) bond motifs is 1. The molecule has 2 fully saturated rings. The third-order valence-electron chi connectivity index (χ3n) is 7.49. The number of carbonyl (C=O) groups is 1. The number of halogens is 6. The van der Waals surface area contributed by atoms with Crippen LogP contribution in [0.15, 0.2) is 36.9 Å². The quantitative estimate of drug-likeness (QED) is 0.293. The molecule has 0 spiro atoms. The SMILES string of the molecule is C=CC(=O)N1CCN(c2nc(NC3CCN(CC(F)(F)F)CC3)nc3c(F)c(-c4c(O)cccc4F)c(Cl)cc23)CC1. The number of hydrogen-bond acceptors (Lipinski definition) is 7. The molecular formula is C28H28ClF5N6O2. The van der Waals surface area contributed by atoms with Crippen LogP contribution in [-0.2, 0) is 4.79 Å². The molecule has 3 aromatic rings. The molecule has 1 aromatic heterocycles. The molecule has 2 aliphatic rings. The second-order valence-electron chi connectivity index (χ2n) is 10.3. The fourth-order valence-electron chi connectivity index (χ4n) is 5.41. The average molecular weight is 611 g/mol. The number of alkyl halides is 3. The third-order valence-corrected chi connectivity index (χ3v) is 7.79. The number of likely N-dealkylation sites (tertiary alicyclic amines) is 1. The Labute approximate surface area is 243 Å². The van der Waals surface area contributed by atoms with Crippen LogP contribution in [0.25, 0.3) is 22.0 Å². The van der Waals surface area contributed by atoms with Gasteiger partial charge in [-0.2, -0.15) is 18.2 Å². The predicted molar refractivity (Wildman–Crippen MR) is 150 cm³/mol. The first-order valence-corrected chi connectivity index (χ1v) is 13.7. The third kappa shape index (κ3) is 6.21. The van der Waals surface area contributed by atoms with E-state index in [2.05, 4.69) is 21.9 Å². The molecule has 2 aliphatic heterocycles. The summed E-state index contributed by atoms with van der Waals surface area (Å²) in [6, 6.07) is 4.71. The van der Waals surface area contributed by atoms with Crippen molar-refractivity contribution in [3.8, 4) is 16.9 Å². The number of benzene rings is 2. The Hall–Kier alpha value is -3.71. The molecule has 2 aromatic carbocycles. The zero-order valence-corrected chi connectivity index (χ0v) is 23.2. The number of amides is 1. The van der Waals surface area contributed by atoms with Crippen LogP contribution >= 0.6 is 11.6 Å². The molecule has 0 atom stereocenters. The fraction of sp³-hybridized carbons (Fsp3) is 0.393. The summed E-state index contributed by atoms with van der Waals surface area (Å²) in [7, 11) is 0. The van der Waals surface area contributed by atoms with Gasteiger partial charge in [0.2, 0.25) is 11.9 Å². The van der Waals surface area contributed by atoms with Gasteiger partial charge >= 0.3 is 6.18 Å². The first-order valence-electron chi connectivity index (χ1n) is 13.3. The summed E-state index contributed by atoms with van der Waals surface area (Å²) in [5.74, 6) is -2.20. The maximum atomic E-state index is 16.2. The van der Waals surface area contributed by atoms with E-state index < -0.39 is 35.7 Å². The number of aromatic hydroxyl groups is 1. The predicted octanol–water partition coefficient (Wildman–Crippen LogP) is 5.21. The van der Waals surface area contributed by atoms with E-state index in [0.29, 0.717) is 44.8 Å². The smallest absolute Gasteiger partial charge is 0.401 e. The fourth-order valence-corrected chi connectivity index (χ4v) is 5.70. The van der Waals surface area contributed by atoms with E-state index in [1.165, 1.54) is 29.2 Å². The van der Waals surface area contributed by atoms with Gasteiger partial charge in [0.15, 0.2) is 5.82 Å². The second kappa shape index (κ2) is 11.9. The van der Waals surface area contributed by atoms with Gasteiger partial charge in [0.25, 0.3) is 0 Å². The Kier molecular flexibility index (Phi) is 8.42. The molecule has 5 rings (SSSR count). The van der Waals surface area contributed by atoms with Crippen LogP contribution in [0.1, 0.15) is 12.8 Å². The molecule has 3 heterocycles. The molecule has 224 valence electrons. The zero-order chi connectivity index (χ0) is 30.2. The van der Waals surface area contributed by atoms with Crippen molar-refractivity contribution in [2.75, 3.05) is 56.0 Å². The van der Waals surface area contributed by atoms with Gasteiger partial charge in [0.1, 0.15) is 22.9 Å². The minimum atomic E-state index is -4.29. The zero-order valence-electron chi connectivity index (χ0n) is 22.4. The summed E-state index contributed by atoms with van der Waals surface area (Å²) < 4.78 is 69.5. The first-order chi connectivity index (χ1) is 19.9. The summed E-state index contributed by atoms with van der Waals surface area (Å²) in [6.07, 6.45) is -2.30. The summed E-state index contributed by atoms with van der Waals surface area (Å²) in [5.41, 5.74) is -0.953. The van der Waals surface area contributed by atoms with Gasteiger partial charge in [-0.3, -0.25) is 9.69 Å². The van der Waals surface area contributed by atoms with Crippen molar-refractivity contribution in [2.45, 2.75) is 25.1 Å². The van der Waals surface area contributed by atoms with E-state index in [-0.39, 0.29) is 52.5 Å². The summed E-state index contributed by atoms with van der Waals surface area (Å²) in [4.78, 5) is 25.9. The van der Waals surface area contributed by atoms with Crippen molar-refractivity contribution >= 4 is 40.2 Å². The van der Waals surface area contributed by atoms with Gasteiger partial charge in [-0.15, -0.1) is 0 Å². The molecule has 0 unspecified atom stereocenters. The summed E-state index contributed by atoms with van der Waals surface area (Å²) in [5, 5.41) is 13.6. The Morgan fingerprint density at radius 2 is 1.79 bits per heavy atom. The molecule has 0 saturated carbocycles. The van der Waals surface area contributed by atoms with Crippen molar-refractivity contribution < 1.29 is 31.9 Å². The highest BCUT2D eigenvalue weighted by Gasteiger charge is 2.33. The lowest BCUT2D eigenvalue weighted by atomic mass is 10.0. The van der Waals surface area contributed by atoms with E-state index in [1.54, 1.807) is 4.90 Å². The highest BCUT2D eigenvalue weighted by atomic mass is 35.5. The standard InChI is InChI=1S/C28H28ClF5N6O2/c1-2-21(42)39-10-12-40(13-11-39)26-17-14-18(29)22(23-19(30)4-3-5-20(23)41)24(31)25(17)36-27(37-26)35-16-6-8-38(9-7-16)15-28(32,33)34/h2-5,14,16,41H,1,6-13,15H2,(H,35,36,37). The molecule has 42 heavy (non-hydrogen) atoms. The lowest BCUT2D eigenvalue weighted by Crippen LogP contribution is -2.48. The minimum Gasteiger partial charge on any atom is -0.507 e. The normalized spacial score (nSPS) is 17.1. The van der Waals surface area contributed by atoms with E-state index in [9.17, 15) is 27.5 Å². The maximum Gasteiger partial charge on any atom is 0.401 e. The summed E-state index contributed by atoms with van der Waals surface area (Å²) in [6.45, 7) is 4.36. The van der Waals surface area contributed by atoms with Gasteiger partial charge in [0, 0.05) is 56.3 Å². The molecule has 0 radical (unpaired) electrons. The van der Waals surface area contributed by atoms with Crippen LogP contribution in [0.2, 0.25) is 5.02 Å². The van der Waals surface area contributed by atoms with Crippen molar-refractivity contribution in [1.29, 1.82) is 0 Å². The van der Waals surface area contributed by atoms with Crippen LogP contribution in [-0.4, -0.2) is 88.8 Å². The van der Waals surface area contributed by atoms with E-state index in [4.69, 9.17) is 11.6 Å². The van der Waals surface area contributed by atoms with E-state index in [0.717, 1.165) is 6.07 Å². The number of aromatic nitrogens is 2. The first kappa shape index (κ1) is 29.8. The van der Waals surface area contributed by atoms with Crippen molar-refractivity contribution in [2.24, 2.45) is 0 Å². The summed E-state index contributed by atoms with van der Waals surface area (Å²) >= 11 is 6.48. The Balaban J connectivity index is 1.53. The molecule has 2 N–H and O–H groups in total. The number of rotatable bonds is 6. The molecule has 2 saturated heterocycles. The number of phenolic OH excluding ortho intramolecular Hbond substituents is 1. The van der Waals surface area contributed by atoms with Gasteiger partial charge in [-0.05, 0) is 37.1 Å². The van der Waals surface area contributed by atoms with Gasteiger partial charge in [0.05, 0.1) is 17.1 Å². The molecule has 0 bridgehead atoms. The van der Waals surface area contributed by atoms with Crippen LogP contribution < -0.4 is 10.2 Å². The Morgan fingerprint density at radius 3 is 2.40 bits per heavy atom. The molecule has 14 heteroatoms. The number of hydrogen-bond donors (Lipinski definition) is 2. The minimum absolute atomic E-state index is 0.0429. The number of nitrogens with zero attached hydrogens (tertiary/aromatic N) is 5. The van der Waals surface area contributed by atoms with E-state index in [1.807, 2.05) is 4.90 Å². The molecule has 1 amide bonds. The highest BCUT2D eigenvalue weighted by Crippen LogP contribution is 2.42. The second-order valence-corrected chi connectivity index (χ2v) is 10.7. The number of nitrogens with one attached hydrogen (secondary N) is 1. The average Bonchev–Trinajstić information content (AvgIpc) is 2.94. The maximum absolute atomic E-state index is 16.2. The molecule has 8 nitrogen and oxygen atoms in total. The van der Waals surface area contributed by atoms with Crippen LogP contribution in [0.5, 0.6) is 5.75 Å². The van der Waals surface area contributed by atoms with Crippen molar-refractivity contribution in [3.63, 3.8) is 0 Å². The lowest BCUT2D eigenvalue weighted by Gasteiger charge is -2.36. The number of piperazine rings is 1. The van der Waals surface area contributed by atoms with E-state index >= 15 is 4.39 Å². The molecular weight excluding hydrogens is 583 g/mol. The van der Waals surface area contributed by atoms with Gasteiger partial charge in [-0.25, -0.2) is 13.8 Å². The Morgan fingerprint density at radius 1 is 1.10 bits per heavy atom. The van der Waals surface area contributed by atoms with Crippen LogP contribution in [0.4, 0.5) is 33.7 Å². The number of phenols is 1. The number of carbonyl (C=O) groups excluding carboxylic acids is 1. The lowest BCUT2D eigenvalue weighted by molar-refractivity contribution is -0.147. The number of piperidine rings is 1. The van der Waals surface area contributed by atoms with Crippen molar-refractivity contribution in [1.82, 2.24) is 19.8 Å². The Bertz CT molecular complexity index is 1480. The van der Waals surface area contributed by atoms with Crippen LogP contribution in [0, 0.1) is 11.6 Å². The highest BCUT2D eigenvalue weighted by molar-refractivity contribution is 6.34. The van der Waals surface area contributed by atoms with Gasteiger partial charge < -0.3 is 20.2 Å².